The van der Waals surface area contributed by atoms with E-state index in [-0.39, 0.29) is 5.41 Å². The summed E-state index contributed by atoms with van der Waals surface area (Å²) in [6.45, 7) is 6.56. The predicted molar refractivity (Wildman–Crippen MR) is 63.3 cm³/mol. The molecule has 0 spiro atoms. The first-order valence-electron chi connectivity index (χ1n) is 5.18. The zero-order valence-electron chi connectivity index (χ0n) is 9.70. The molecule has 0 saturated heterocycles. The van der Waals surface area contributed by atoms with Crippen molar-refractivity contribution < 1.29 is 5.11 Å². The summed E-state index contributed by atoms with van der Waals surface area (Å²) in [5.74, 6) is 0.333. The molecule has 2 heteroatoms. The highest BCUT2D eigenvalue weighted by molar-refractivity contribution is 5.86. The van der Waals surface area contributed by atoms with E-state index in [9.17, 15) is 5.11 Å². The Hall–Kier alpha value is -1.44. The Balaban J connectivity index is 2.81. The maximum atomic E-state index is 9.52. The molecule has 2 nitrogen and oxygen atoms in total. The van der Waals surface area contributed by atoms with E-state index in [1.54, 1.807) is 6.07 Å². The van der Waals surface area contributed by atoms with Crippen LogP contribution in [0.15, 0.2) is 24.4 Å². The van der Waals surface area contributed by atoms with Crippen molar-refractivity contribution in [3.8, 4) is 5.75 Å². The molecule has 0 aliphatic heterocycles. The van der Waals surface area contributed by atoms with Gasteiger partial charge in [0.1, 0.15) is 5.75 Å². The number of phenols is 1. The van der Waals surface area contributed by atoms with Gasteiger partial charge in [-0.3, -0.25) is 0 Å². The first-order valence-corrected chi connectivity index (χ1v) is 5.18. The van der Waals surface area contributed by atoms with Gasteiger partial charge in [-0.05, 0) is 29.2 Å². The topological polar surface area (TPSA) is 25.2 Å². The van der Waals surface area contributed by atoms with Gasteiger partial charge in [-0.25, -0.2) is 0 Å². The van der Waals surface area contributed by atoms with Crippen LogP contribution >= 0.6 is 0 Å². The number of phenolic OH excluding ortho intramolecular Hbond substituents is 1. The van der Waals surface area contributed by atoms with E-state index in [4.69, 9.17) is 0 Å². The van der Waals surface area contributed by atoms with Crippen molar-refractivity contribution in [3.63, 3.8) is 0 Å². The van der Waals surface area contributed by atoms with Crippen LogP contribution in [0.25, 0.3) is 10.9 Å². The minimum atomic E-state index is 0.104. The average molecular weight is 203 g/mol. The van der Waals surface area contributed by atoms with Crippen LogP contribution in [-0.4, -0.2) is 9.67 Å². The van der Waals surface area contributed by atoms with Gasteiger partial charge in [-0.15, -0.1) is 0 Å². The van der Waals surface area contributed by atoms with Crippen LogP contribution in [-0.2, 0) is 12.5 Å². The molecule has 0 atom stereocenters. The van der Waals surface area contributed by atoms with Gasteiger partial charge in [0.15, 0.2) is 0 Å². The van der Waals surface area contributed by atoms with Crippen molar-refractivity contribution in [1.82, 2.24) is 4.57 Å². The molecule has 0 radical (unpaired) electrons. The van der Waals surface area contributed by atoms with Crippen molar-refractivity contribution in [3.05, 3.63) is 30.0 Å². The van der Waals surface area contributed by atoms with Crippen LogP contribution < -0.4 is 0 Å². The summed E-state index contributed by atoms with van der Waals surface area (Å²) in [7, 11) is 2.04. The number of rotatable bonds is 0. The van der Waals surface area contributed by atoms with Crippen molar-refractivity contribution in [2.45, 2.75) is 26.2 Å². The van der Waals surface area contributed by atoms with Crippen LogP contribution in [0.5, 0.6) is 5.75 Å². The quantitative estimate of drug-likeness (QED) is 0.699. The number of aryl methyl sites for hydroxylation is 1. The summed E-state index contributed by atoms with van der Waals surface area (Å²) in [6.07, 6.45) is 2.14. The number of hydrogen-bond donors (Lipinski definition) is 1. The second kappa shape index (κ2) is 3.02. The second-order valence-corrected chi connectivity index (χ2v) is 5.11. The zero-order chi connectivity index (χ0) is 11.2. The standard InChI is InChI=1S/C13H17NO/c1-13(2,3)11-8-14(4)12-6-5-9(15)7-10(11)12/h5-8,15H,1-4H3. The summed E-state index contributed by atoms with van der Waals surface area (Å²) < 4.78 is 2.11. The molecule has 2 rings (SSSR count). The lowest BCUT2D eigenvalue weighted by Gasteiger charge is -2.17. The van der Waals surface area contributed by atoms with Crippen LogP contribution in [0.3, 0.4) is 0 Å². The number of hydrogen-bond acceptors (Lipinski definition) is 1. The number of fused-ring (bicyclic) bond motifs is 1. The molecule has 0 aliphatic carbocycles. The summed E-state index contributed by atoms with van der Waals surface area (Å²) in [5.41, 5.74) is 2.54. The number of aromatic nitrogens is 1. The van der Waals surface area contributed by atoms with Gasteiger partial charge in [0.05, 0.1) is 0 Å². The molecule has 1 aromatic carbocycles. The molecule has 15 heavy (non-hydrogen) atoms. The molecule has 80 valence electrons. The van der Waals surface area contributed by atoms with Gasteiger partial charge < -0.3 is 9.67 Å². The average Bonchev–Trinajstić information content (AvgIpc) is 2.42. The number of nitrogens with zero attached hydrogens (tertiary/aromatic N) is 1. The Morgan fingerprint density at radius 1 is 1.20 bits per heavy atom. The van der Waals surface area contributed by atoms with Gasteiger partial charge >= 0.3 is 0 Å². The van der Waals surface area contributed by atoms with Crippen LogP contribution in [0.4, 0.5) is 0 Å². The molecule has 1 heterocycles. The molecule has 2 aromatic rings. The number of benzene rings is 1. The molecule has 0 bridgehead atoms. The Morgan fingerprint density at radius 2 is 1.87 bits per heavy atom. The highest BCUT2D eigenvalue weighted by atomic mass is 16.3. The van der Waals surface area contributed by atoms with Gasteiger partial charge in [0.2, 0.25) is 0 Å². The fourth-order valence-electron chi connectivity index (χ4n) is 1.98. The normalized spacial score (nSPS) is 12.3. The van der Waals surface area contributed by atoms with E-state index in [1.165, 1.54) is 5.56 Å². The highest BCUT2D eigenvalue weighted by Crippen LogP contribution is 2.32. The monoisotopic (exact) mass is 203 g/mol. The third-order valence-electron chi connectivity index (χ3n) is 2.78. The highest BCUT2D eigenvalue weighted by Gasteiger charge is 2.19. The summed E-state index contributed by atoms with van der Waals surface area (Å²) in [4.78, 5) is 0. The molecule has 0 fully saturated rings. The van der Waals surface area contributed by atoms with E-state index in [0.717, 1.165) is 10.9 Å². The van der Waals surface area contributed by atoms with Crippen molar-refractivity contribution in [1.29, 1.82) is 0 Å². The van der Waals surface area contributed by atoms with Gasteiger partial charge in [-0.2, -0.15) is 0 Å². The maximum Gasteiger partial charge on any atom is 0.116 e. The minimum Gasteiger partial charge on any atom is -0.508 e. The Morgan fingerprint density at radius 3 is 2.47 bits per heavy atom. The van der Waals surface area contributed by atoms with Crippen LogP contribution in [0, 0.1) is 0 Å². The predicted octanol–water partition coefficient (Wildman–Crippen LogP) is 3.18. The van der Waals surface area contributed by atoms with Crippen molar-refractivity contribution in [2.75, 3.05) is 0 Å². The minimum absolute atomic E-state index is 0.104. The van der Waals surface area contributed by atoms with E-state index in [0.29, 0.717) is 5.75 Å². The molecule has 0 amide bonds. The molecule has 1 aromatic heterocycles. The fraction of sp³-hybridized carbons (Fsp3) is 0.385. The van der Waals surface area contributed by atoms with E-state index >= 15 is 0 Å². The largest absolute Gasteiger partial charge is 0.508 e. The molecule has 0 saturated carbocycles. The lowest BCUT2D eigenvalue weighted by molar-refractivity contribution is 0.476. The van der Waals surface area contributed by atoms with Gasteiger partial charge in [-0.1, -0.05) is 20.8 Å². The van der Waals surface area contributed by atoms with Crippen LogP contribution in [0.1, 0.15) is 26.3 Å². The smallest absolute Gasteiger partial charge is 0.116 e. The Bertz CT molecular complexity index is 503. The third-order valence-corrected chi connectivity index (χ3v) is 2.78. The molecule has 0 unspecified atom stereocenters. The molecule has 0 aliphatic rings. The van der Waals surface area contributed by atoms with Gasteiger partial charge in [0, 0.05) is 24.1 Å². The molecular formula is C13H17NO. The Kier molecular flexibility index (Phi) is 2.03. The molecule has 1 N–H and O–H groups in total. The van der Waals surface area contributed by atoms with Crippen molar-refractivity contribution >= 4 is 10.9 Å². The van der Waals surface area contributed by atoms with E-state index in [1.807, 2.05) is 19.2 Å². The van der Waals surface area contributed by atoms with Crippen molar-refractivity contribution in [2.24, 2.45) is 7.05 Å². The first-order chi connectivity index (χ1) is 6.89. The Labute approximate surface area is 90.2 Å². The summed E-state index contributed by atoms with van der Waals surface area (Å²) in [5, 5.41) is 10.7. The van der Waals surface area contributed by atoms with E-state index in [2.05, 4.69) is 31.5 Å². The molecular weight excluding hydrogens is 186 g/mol. The lowest BCUT2D eigenvalue weighted by Crippen LogP contribution is -2.10. The first kappa shape index (κ1) is 10.1. The van der Waals surface area contributed by atoms with E-state index < -0.39 is 0 Å². The third kappa shape index (κ3) is 1.60. The number of aromatic hydroxyl groups is 1. The lowest BCUT2D eigenvalue weighted by atomic mass is 9.87. The van der Waals surface area contributed by atoms with Gasteiger partial charge in [0.25, 0.3) is 0 Å². The zero-order valence-corrected chi connectivity index (χ0v) is 9.70. The maximum absolute atomic E-state index is 9.52. The summed E-state index contributed by atoms with van der Waals surface area (Å²) >= 11 is 0. The SMILES string of the molecule is Cn1cc(C(C)(C)C)c2cc(O)ccc21. The van der Waals surface area contributed by atoms with Crippen LogP contribution in [0.2, 0.25) is 0 Å². The second-order valence-electron chi connectivity index (χ2n) is 5.11. The summed E-state index contributed by atoms with van der Waals surface area (Å²) in [6, 6.07) is 5.53. The fourth-order valence-corrected chi connectivity index (χ4v) is 1.98.